The van der Waals surface area contributed by atoms with Crippen molar-refractivity contribution in [3.8, 4) is 11.3 Å². The molecule has 9 rings (SSSR count). The van der Waals surface area contributed by atoms with E-state index in [0.29, 0.717) is 0 Å². The zero-order valence-electron chi connectivity index (χ0n) is 32.6. The van der Waals surface area contributed by atoms with Gasteiger partial charge in [-0.1, -0.05) is 89.8 Å². The first-order valence-electron chi connectivity index (χ1n) is 19.0. The van der Waals surface area contributed by atoms with Crippen molar-refractivity contribution in [3.63, 3.8) is 0 Å². The second-order valence-corrected chi connectivity index (χ2v) is 25.3. The van der Waals surface area contributed by atoms with Crippen molar-refractivity contribution in [2.45, 2.75) is 43.4 Å². The Morgan fingerprint density at radius 2 is 1.47 bits per heavy atom. The van der Waals surface area contributed by atoms with Gasteiger partial charge < -0.3 is 4.42 Å². The second-order valence-electron chi connectivity index (χ2n) is 14.7. The van der Waals surface area contributed by atoms with Gasteiger partial charge in [0.15, 0.2) is 0 Å². The molecule has 2 aromatic heterocycles. The molecule has 1 unspecified atom stereocenters. The third kappa shape index (κ3) is 7.33. The summed E-state index contributed by atoms with van der Waals surface area (Å²) in [6.45, 7) is 3.88. The average Bonchev–Trinajstić information content (AvgIpc) is 3.76. The summed E-state index contributed by atoms with van der Waals surface area (Å²) in [4.78, 5) is 9.73. The van der Waals surface area contributed by atoms with Gasteiger partial charge in [0.05, 0.1) is 11.3 Å². The van der Waals surface area contributed by atoms with Crippen molar-refractivity contribution in [2.24, 2.45) is 10.9 Å². The molecule has 0 aliphatic carbocycles. The Hall–Kier alpha value is -4.61. The quantitative estimate of drug-likeness (QED) is 0.123. The Labute approximate surface area is 331 Å². The molecule has 1 aliphatic rings. The predicted octanol–water partition coefficient (Wildman–Crippen LogP) is 12.1. The fraction of sp³-hybridized carbons (Fsp3) is 0.167. The fourth-order valence-corrected chi connectivity index (χ4v) is 10.2. The minimum Gasteiger partial charge on any atom is -0.501 e. The number of aliphatic imine (C=N–C) groups is 1. The van der Waals surface area contributed by atoms with Crippen LogP contribution in [0.2, 0.25) is 17.3 Å². The van der Waals surface area contributed by atoms with E-state index >= 15 is 0 Å². The molecule has 53 heavy (non-hydrogen) atoms. The van der Waals surface area contributed by atoms with Crippen LogP contribution in [0.3, 0.4) is 0 Å². The molecule has 0 saturated carbocycles. The SMILES string of the molecule is [2H]C([2H])(c1cc(-c2[c-]cccc2)nc[c]1[Ge]([CH3])([CH3])[CH3])C(C)C.[Ir].[c-]1ccc2c(oc3ccccc32)c1C1=Nc2ccccc2C1c1cccc2ccccc12. The molecule has 1 radical (unpaired) electrons. The molecule has 0 fully saturated rings. The van der Waals surface area contributed by atoms with Crippen LogP contribution in [0, 0.1) is 18.1 Å². The molecule has 5 heteroatoms. The van der Waals surface area contributed by atoms with E-state index in [1.165, 1.54) is 21.9 Å². The van der Waals surface area contributed by atoms with Crippen molar-refractivity contribution in [3.05, 3.63) is 174 Å². The van der Waals surface area contributed by atoms with Gasteiger partial charge in [-0.3, -0.25) is 4.99 Å². The Morgan fingerprint density at radius 3 is 2.26 bits per heavy atom. The average molecular weight is 930 g/mol. The summed E-state index contributed by atoms with van der Waals surface area (Å²) in [6, 6.07) is 52.1. The number of furan rings is 1. The molecule has 6 aromatic carbocycles. The van der Waals surface area contributed by atoms with Gasteiger partial charge in [-0.15, -0.1) is 18.2 Å². The van der Waals surface area contributed by atoms with E-state index < -0.39 is 19.6 Å². The van der Waals surface area contributed by atoms with Crippen molar-refractivity contribution >= 4 is 61.8 Å². The molecule has 3 heterocycles. The number of rotatable bonds is 6. The molecule has 0 spiro atoms. The van der Waals surface area contributed by atoms with Gasteiger partial charge in [0, 0.05) is 31.4 Å². The summed E-state index contributed by atoms with van der Waals surface area (Å²) < 4.78 is 24.6. The standard InChI is InChI=1S/C30H18NO.C18H24GeN.Ir/c1-2-11-20-19(9-1)10-7-14-22(20)28-24-13-3-5-17-26(24)31-29(28)25-16-8-15-23-21-12-4-6-18-27(21)32-30(23)25;1-14(2)11-16-12-18(15-9-7-6-8-10-15)20-13-17(16)19(3,4)5;/h1-15,17-18,28H;6-9,12-14H,11H2,1-5H3;/q2*-1;/i;11D2;. The van der Waals surface area contributed by atoms with Gasteiger partial charge >= 0.3 is 128 Å². The number of pyridine rings is 1. The molecule has 1 atom stereocenters. The second kappa shape index (κ2) is 15.4. The topological polar surface area (TPSA) is 38.4 Å². The maximum Gasteiger partial charge on any atom is 0.120 e. The zero-order chi connectivity index (χ0) is 37.6. The van der Waals surface area contributed by atoms with E-state index in [2.05, 4.69) is 119 Å². The predicted molar refractivity (Wildman–Crippen MR) is 221 cm³/mol. The van der Waals surface area contributed by atoms with Crippen LogP contribution in [0.5, 0.6) is 0 Å². The first-order valence-corrected chi connectivity index (χ1v) is 25.3. The number of benzene rings is 6. The smallest absolute Gasteiger partial charge is 0.120 e. The van der Waals surface area contributed by atoms with Crippen LogP contribution in [0.4, 0.5) is 5.69 Å². The normalized spacial score (nSPS) is 14.6. The Morgan fingerprint density at radius 1 is 0.755 bits per heavy atom. The molecule has 0 saturated heterocycles. The summed E-state index contributed by atoms with van der Waals surface area (Å²) in [5, 5.41) is 4.71. The Balaban J connectivity index is 0.000000179. The minimum absolute atomic E-state index is 0. The monoisotopic (exact) mass is 931 g/mol. The maximum absolute atomic E-state index is 8.56. The number of aromatic nitrogens is 1. The molecule has 8 aromatic rings. The third-order valence-corrected chi connectivity index (χ3v) is 13.9. The number of para-hydroxylation sites is 2. The van der Waals surface area contributed by atoms with Crippen molar-refractivity contribution in [1.29, 1.82) is 0 Å². The van der Waals surface area contributed by atoms with Gasteiger partial charge in [0.1, 0.15) is 5.58 Å². The molecule has 0 N–H and O–H groups in total. The first kappa shape index (κ1) is 34.2. The van der Waals surface area contributed by atoms with E-state index in [0.717, 1.165) is 60.1 Å². The first-order chi connectivity index (χ1) is 26.0. The van der Waals surface area contributed by atoms with E-state index in [4.69, 9.17) is 12.2 Å². The maximum atomic E-state index is 8.56. The van der Waals surface area contributed by atoms with Crippen LogP contribution < -0.4 is 4.40 Å². The van der Waals surface area contributed by atoms with Gasteiger partial charge in [0.25, 0.3) is 0 Å². The summed E-state index contributed by atoms with van der Waals surface area (Å²) >= 11 is -2.20. The Kier molecular flexibility index (Phi) is 9.93. The van der Waals surface area contributed by atoms with Crippen molar-refractivity contribution in [2.75, 3.05) is 0 Å². The van der Waals surface area contributed by atoms with Gasteiger partial charge in [-0.05, 0) is 39.7 Å². The molecular formula is C48H42GeIrN2O-2. The number of hydrogen-bond donors (Lipinski definition) is 0. The van der Waals surface area contributed by atoms with Gasteiger partial charge in [-0.2, -0.15) is 0 Å². The van der Waals surface area contributed by atoms with Crippen LogP contribution in [0.25, 0.3) is 44.0 Å². The van der Waals surface area contributed by atoms with Crippen LogP contribution >= 0.6 is 0 Å². The summed E-state index contributed by atoms with van der Waals surface area (Å²) in [5.41, 5.74) is 9.70. The van der Waals surface area contributed by atoms with Crippen LogP contribution in [-0.4, -0.2) is 24.0 Å². The number of fused-ring (bicyclic) bond motifs is 5. The van der Waals surface area contributed by atoms with E-state index in [9.17, 15) is 0 Å². The zero-order valence-corrected chi connectivity index (χ0v) is 35.1. The van der Waals surface area contributed by atoms with Crippen LogP contribution in [0.15, 0.2) is 149 Å². The van der Waals surface area contributed by atoms with Crippen LogP contribution in [-0.2, 0) is 26.5 Å². The molecule has 0 amide bonds. The molecule has 0 bridgehead atoms. The van der Waals surface area contributed by atoms with E-state index in [-0.39, 0.29) is 31.9 Å². The molecule has 265 valence electrons. The summed E-state index contributed by atoms with van der Waals surface area (Å²) in [7, 11) is 0. The summed E-state index contributed by atoms with van der Waals surface area (Å²) in [6.07, 6.45) is 0.562. The van der Waals surface area contributed by atoms with Gasteiger partial charge in [0.2, 0.25) is 0 Å². The third-order valence-electron chi connectivity index (χ3n) is 9.63. The van der Waals surface area contributed by atoms with Crippen molar-refractivity contribution in [1.82, 2.24) is 4.98 Å². The number of hydrogen-bond acceptors (Lipinski definition) is 3. The molecule has 3 nitrogen and oxygen atoms in total. The molecule has 1 aliphatic heterocycles. The fourth-order valence-electron chi connectivity index (χ4n) is 7.26. The molecular weight excluding hydrogens is 885 g/mol. The van der Waals surface area contributed by atoms with Crippen LogP contribution in [0.1, 0.15) is 44.8 Å². The number of nitrogens with zero attached hydrogens (tertiary/aromatic N) is 2. The van der Waals surface area contributed by atoms with E-state index in [1.807, 2.05) is 68.6 Å². The largest absolute Gasteiger partial charge is 0.501 e. The van der Waals surface area contributed by atoms with E-state index in [1.54, 1.807) is 0 Å². The summed E-state index contributed by atoms with van der Waals surface area (Å²) in [5.74, 6) is 6.79. The minimum atomic E-state index is -2.20. The Bertz CT molecular complexity index is 2670. The van der Waals surface area contributed by atoms with Crippen molar-refractivity contribution < 1.29 is 27.3 Å². The van der Waals surface area contributed by atoms with Gasteiger partial charge in [-0.25, -0.2) is 0 Å².